The zero-order valence-corrected chi connectivity index (χ0v) is 17.0. The largest absolute Gasteiger partial charge is 0.478 e. The smallest absolute Gasteiger partial charge is 0.266 e. The Labute approximate surface area is 174 Å². The van der Waals surface area contributed by atoms with Gasteiger partial charge in [0.05, 0.1) is 12.2 Å². The molecule has 1 amide bonds. The zero-order valence-electron chi connectivity index (χ0n) is 16.3. The van der Waals surface area contributed by atoms with Gasteiger partial charge in [0, 0.05) is 23.2 Å². The summed E-state index contributed by atoms with van der Waals surface area (Å²) in [6.45, 7) is 3.86. The van der Waals surface area contributed by atoms with Crippen molar-refractivity contribution < 1.29 is 9.53 Å². The fourth-order valence-electron chi connectivity index (χ4n) is 2.70. The first-order valence-corrected chi connectivity index (χ1v) is 9.59. The van der Waals surface area contributed by atoms with Crippen LogP contribution in [0.4, 0.5) is 0 Å². The predicted octanol–water partition coefficient (Wildman–Crippen LogP) is 3.54. The molecule has 0 saturated carbocycles. The van der Waals surface area contributed by atoms with Crippen molar-refractivity contribution in [1.29, 1.82) is 0 Å². The molecular weight excluding hydrogens is 390 g/mol. The Hall–Kier alpha value is -3.12. The summed E-state index contributed by atoms with van der Waals surface area (Å²) >= 11 is 5.87. The highest BCUT2D eigenvalue weighted by atomic mass is 35.5. The number of rotatable bonds is 7. The Morgan fingerprint density at radius 1 is 1.07 bits per heavy atom. The summed E-state index contributed by atoms with van der Waals surface area (Å²) in [6.07, 6.45) is 0. The Morgan fingerprint density at radius 2 is 1.76 bits per heavy atom. The fraction of sp³-hybridized carbons (Fsp3) is 0.227. The van der Waals surface area contributed by atoms with Crippen LogP contribution in [0.2, 0.25) is 5.02 Å². The minimum absolute atomic E-state index is 0.226. The van der Waals surface area contributed by atoms with E-state index >= 15 is 0 Å². The van der Waals surface area contributed by atoms with Gasteiger partial charge >= 0.3 is 0 Å². The molecule has 0 atom stereocenters. The fourth-order valence-corrected chi connectivity index (χ4v) is 2.83. The van der Waals surface area contributed by atoms with Crippen molar-refractivity contribution in [2.24, 2.45) is 0 Å². The van der Waals surface area contributed by atoms with Gasteiger partial charge in [-0.2, -0.15) is 5.10 Å². The normalized spacial score (nSPS) is 11.1. The number of hydrogen-bond acceptors (Lipinski definition) is 4. The third-order valence-electron chi connectivity index (χ3n) is 4.28. The van der Waals surface area contributed by atoms with Crippen LogP contribution in [0, 0.1) is 0 Å². The molecule has 1 aromatic heterocycles. The van der Waals surface area contributed by atoms with Crippen molar-refractivity contribution in [3.8, 4) is 17.0 Å². The average Bonchev–Trinajstić information content (AvgIpc) is 2.71. The molecule has 3 aromatic rings. The van der Waals surface area contributed by atoms with Gasteiger partial charge in [-0.25, -0.2) is 4.68 Å². The van der Waals surface area contributed by atoms with Crippen molar-refractivity contribution in [2.75, 3.05) is 6.54 Å². The maximum absolute atomic E-state index is 12.5. The van der Waals surface area contributed by atoms with Crippen LogP contribution in [0.15, 0.2) is 71.5 Å². The van der Waals surface area contributed by atoms with Gasteiger partial charge in [0.25, 0.3) is 11.5 Å². The number of hydrogen-bond donors (Lipinski definition) is 1. The van der Waals surface area contributed by atoms with Crippen LogP contribution in [0.1, 0.15) is 13.8 Å². The monoisotopic (exact) mass is 411 g/mol. The Balaban J connectivity index is 1.61. The molecule has 0 aliphatic heterocycles. The summed E-state index contributed by atoms with van der Waals surface area (Å²) in [5, 5.41) is 7.78. The maximum Gasteiger partial charge on any atom is 0.266 e. The molecule has 0 aliphatic carbocycles. The van der Waals surface area contributed by atoms with E-state index in [1.54, 1.807) is 44.2 Å². The first kappa shape index (κ1) is 20.6. The molecule has 2 aromatic carbocycles. The van der Waals surface area contributed by atoms with Crippen LogP contribution in [-0.4, -0.2) is 27.8 Å². The van der Waals surface area contributed by atoms with Gasteiger partial charge < -0.3 is 10.1 Å². The molecule has 1 heterocycles. The molecule has 7 heteroatoms. The summed E-state index contributed by atoms with van der Waals surface area (Å²) in [5.74, 6) is 0.253. The number of carbonyl (C=O) groups is 1. The van der Waals surface area contributed by atoms with E-state index in [-0.39, 0.29) is 24.6 Å². The van der Waals surface area contributed by atoms with E-state index in [1.807, 2.05) is 30.3 Å². The van der Waals surface area contributed by atoms with Crippen LogP contribution in [-0.2, 0) is 11.3 Å². The highest BCUT2D eigenvalue weighted by Crippen LogP contribution is 2.21. The van der Waals surface area contributed by atoms with E-state index in [0.717, 1.165) is 5.56 Å². The summed E-state index contributed by atoms with van der Waals surface area (Å²) in [6, 6.07) is 19.6. The highest BCUT2D eigenvalue weighted by molar-refractivity contribution is 6.30. The first-order valence-electron chi connectivity index (χ1n) is 9.22. The molecule has 0 spiro atoms. The van der Waals surface area contributed by atoms with Crippen LogP contribution >= 0.6 is 11.6 Å². The molecule has 0 bridgehead atoms. The van der Waals surface area contributed by atoms with Gasteiger partial charge in [0.1, 0.15) is 5.75 Å². The van der Waals surface area contributed by atoms with Gasteiger partial charge in [-0.15, -0.1) is 0 Å². The van der Waals surface area contributed by atoms with E-state index in [4.69, 9.17) is 16.3 Å². The molecule has 0 fully saturated rings. The number of nitrogens with zero attached hydrogens (tertiary/aromatic N) is 2. The summed E-state index contributed by atoms with van der Waals surface area (Å²) < 4.78 is 7.11. The molecule has 6 nitrogen and oxygen atoms in total. The topological polar surface area (TPSA) is 73.2 Å². The number of halogens is 1. The van der Waals surface area contributed by atoms with Crippen molar-refractivity contribution in [2.45, 2.75) is 26.0 Å². The van der Waals surface area contributed by atoms with Crippen molar-refractivity contribution >= 4 is 17.5 Å². The van der Waals surface area contributed by atoms with Crippen molar-refractivity contribution in [3.63, 3.8) is 0 Å². The van der Waals surface area contributed by atoms with E-state index in [1.165, 1.54) is 10.7 Å². The quantitative estimate of drug-likeness (QED) is 0.645. The van der Waals surface area contributed by atoms with Crippen molar-refractivity contribution in [3.05, 3.63) is 82.1 Å². The maximum atomic E-state index is 12.5. The third-order valence-corrected chi connectivity index (χ3v) is 4.53. The lowest BCUT2D eigenvalue weighted by atomic mass is 10.1. The number of carbonyl (C=O) groups excluding carboxylic acids is 1. The van der Waals surface area contributed by atoms with Gasteiger partial charge in [-0.3, -0.25) is 9.59 Å². The van der Waals surface area contributed by atoms with Gasteiger partial charge in [-0.1, -0.05) is 41.9 Å². The van der Waals surface area contributed by atoms with E-state index in [0.29, 0.717) is 16.5 Å². The van der Waals surface area contributed by atoms with Crippen molar-refractivity contribution in [1.82, 2.24) is 15.1 Å². The number of aromatic nitrogens is 2. The summed E-state index contributed by atoms with van der Waals surface area (Å²) in [7, 11) is 0. The molecular formula is C22H22ClN3O3. The molecule has 0 unspecified atom stereocenters. The standard InChI is InChI=1S/C22H22ClN3O3/c1-22(2,29-18-10-8-17(23)9-11-18)21(28)24-14-15-26-20(27)13-12-19(25-26)16-6-4-3-5-7-16/h3-13H,14-15H2,1-2H3,(H,24,28). The van der Waals surface area contributed by atoms with E-state index < -0.39 is 5.60 Å². The lowest BCUT2D eigenvalue weighted by molar-refractivity contribution is -0.134. The summed E-state index contributed by atoms with van der Waals surface area (Å²) in [5.41, 5.74) is 0.305. The first-order chi connectivity index (χ1) is 13.8. The van der Waals surface area contributed by atoms with Gasteiger partial charge in [0.2, 0.25) is 0 Å². The van der Waals surface area contributed by atoms with E-state index in [2.05, 4.69) is 10.4 Å². The Bertz CT molecular complexity index is 1030. The second kappa shape index (κ2) is 8.92. The number of nitrogens with one attached hydrogen (secondary N) is 1. The predicted molar refractivity (Wildman–Crippen MR) is 113 cm³/mol. The molecule has 0 aliphatic rings. The van der Waals surface area contributed by atoms with Crippen LogP contribution < -0.4 is 15.6 Å². The number of benzene rings is 2. The van der Waals surface area contributed by atoms with Crippen LogP contribution in [0.25, 0.3) is 11.3 Å². The number of ether oxygens (including phenoxy) is 1. The molecule has 3 rings (SSSR count). The minimum Gasteiger partial charge on any atom is -0.478 e. The highest BCUT2D eigenvalue weighted by Gasteiger charge is 2.29. The molecule has 1 N–H and O–H groups in total. The van der Waals surface area contributed by atoms with Crippen LogP contribution in [0.5, 0.6) is 5.75 Å². The second-order valence-electron chi connectivity index (χ2n) is 6.97. The lowest BCUT2D eigenvalue weighted by Crippen LogP contribution is -2.47. The third kappa shape index (κ3) is 5.45. The van der Waals surface area contributed by atoms with Gasteiger partial charge in [-0.05, 0) is 44.2 Å². The molecule has 150 valence electrons. The second-order valence-corrected chi connectivity index (χ2v) is 7.40. The number of amides is 1. The SMILES string of the molecule is CC(C)(Oc1ccc(Cl)cc1)C(=O)NCCn1nc(-c2ccccc2)ccc1=O. The molecule has 29 heavy (non-hydrogen) atoms. The average molecular weight is 412 g/mol. The Kier molecular flexibility index (Phi) is 6.34. The van der Waals surface area contributed by atoms with E-state index in [9.17, 15) is 9.59 Å². The molecule has 0 saturated heterocycles. The lowest BCUT2D eigenvalue weighted by Gasteiger charge is -2.25. The van der Waals surface area contributed by atoms with Gasteiger partial charge in [0.15, 0.2) is 5.60 Å². The molecule has 0 radical (unpaired) electrons. The summed E-state index contributed by atoms with van der Waals surface area (Å²) in [4.78, 5) is 24.6. The zero-order chi connectivity index (χ0) is 20.9. The minimum atomic E-state index is -1.09. The van der Waals surface area contributed by atoms with Crippen LogP contribution in [0.3, 0.4) is 0 Å². The Morgan fingerprint density at radius 3 is 2.45 bits per heavy atom.